The zero-order chi connectivity index (χ0) is 17.8. The number of amides is 2. The maximum Gasteiger partial charge on any atom is 0.348 e. The molecular weight excluding hydrogens is 344 g/mol. The topological polar surface area (TPSA) is 88.8 Å². The highest BCUT2D eigenvalue weighted by atomic mass is 32.1. The van der Waals surface area contributed by atoms with Crippen molar-refractivity contribution in [2.45, 2.75) is 19.4 Å². The van der Waals surface area contributed by atoms with Crippen molar-refractivity contribution in [2.75, 3.05) is 19.0 Å². The number of hydrogen-bond acceptors (Lipinski definition) is 6. The van der Waals surface area contributed by atoms with E-state index in [4.69, 9.17) is 9.15 Å². The van der Waals surface area contributed by atoms with E-state index < -0.39 is 5.97 Å². The van der Waals surface area contributed by atoms with Crippen LogP contribution in [0.2, 0.25) is 0 Å². The molecule has 0 radical (unpaired) electrons. The number of likely N-dealkylation sites (N-methyl/N-ethyl adjacent to an activating group) is 1. The predicted molar refractivity (Wildman–Crippen MR) is 91.1 cm³/mol. The summed E-state index contributed by atoms with van der Waals surface area (Å²) in [6.45, 7) is -0.0442. The summed E-state index contributed by atoms with van der Waals surface area (Å²) in [7, 11) is 1.61. The maximum absolute atomic E-state index is 12.0. The number of hydrogen-bond donors (Lipinski definition) is 1. The van der Waals surface area contributed by atoms with Crippen molar-refractivity contribution >= 4 is 34.1 Å². The third kappa shape index (κ3) is 4.69. The first-order chi connectivity index (χ1) is 12.0. The molecule has 2 amide bonds. The summed E-state index contributed by atoms with van der Waals surface area (Å²) >= 11 is 1.13. The number of esters is 1. The lowest BCUT2D eigenvalue weighted by Gasteiger charge is -2.15. The molecule has 7 nitrogen and oxygen atoms in total. The molecule has 1 saturated carbocycles. The van der Waals surface area contributed by atoms with Crippen LogP contribution in [0.1, 0.15) is 28.3 Å². The molecule has 1 N–H and O–H groups in total. The maximum atomic E-state index is 12.0. The second kappa shape index (κ2) is 7.52. The van der Waals surface area contributed by atoms with Crippen LogP contribution < -0.4 is 5.32 Å². The highest BCUT2D eigenvalue weighted by molar-refractivity contribution is 7.18. The first kappa shape index (κ1) is 17.2. The number of rotatable bonds is 7. The number of nitrogens with zero attached hydrogens (tertiary/aromatic N) is 1. The van der Waals surface area contributed by atoms with Gasteiger partial charge in [0.05, 0.1) is 17.8 Å². The molecular formula is C17H18N2O5S. The van der Waals surface area contributed by atoms with Gasteiger partial charge in [-0.2, -0.15) is 0 Å². The van der Waals surface area contributed by atoms with Crippen molar-refractivity contribution < 1.29 is 23.5 Å². The van der Waals surface area contributed by atoms with Crippen LogP contribution in [0.5, 0.6) is 0 Å². The smallest absolute Gasteiger partial charge is 0.348 e. The number of thiophene rings is 1. The van der Waals surface area contributed by atoms with Gasteiger partial charge in [0.1, 0.15) is 10.6 Å². The lowest BCUT2D eigenvalue weighted by Crippen LogP contribution is -2.30. The number of ether oxygens (including phenoxy) is 1. The number of nitrogens with one attached hydrogen (secondary N) is 1. The van der Waals surface area contributed by atoms with Crippen LogP contribution in [0.3, 0.4) is 0 Å². The van der Waals surface area contributed by atoms with Gasteiger partial charge in [0.25, 0.3) is 5.91 Å². The average Bonchev–Trinajstić information content (AvgIpc) is 3.14. The molecule has 2 aromatic rings. The lowest BCUT2D eigenvalue weighted by molar-refractivity contribution is -0.134. The van der Waals surface area contributed by atoms with Crippen molar-refractivity contribution in [1.82, 2.24) is 4.90 Å². The molecule has 0 aliphatic heterocycles. The summed E-state index contributed by atoms with van der Waals surface area (Å²) in [4.78, 5) is 37.5. The molecule has 8 heteroatoms. The van der Waals surface area contributed by atoms with Gasteiger partial charge in [-0.3, -0.25) is 9.59 Å². The van der Waals surface area contributed by atoms with E-state index in [9.17, 15) is 14.4 Å². The van der Waals surface area contributed by atoms with E-state index in [0.29, 0.717) is 22.2 Å². The van der Waals surface area contributed by atoms with Gasteiger partial charge in [-0.1, -0.05) is 0 Å². The highest BCUT2D eigenvalue weighted by Crippen LogP contribution is 2.31. The van der Waals surface area contributed by atoms with E-state index in [0.717, 1.165) is 24.2 Å². The Labute approximate surface area is 148 Å². The third-order valence-electron chi connectivity index (χ3n) is 3.73. The summed E-state index contributed by atoms with van der Waals surface area (Å²) in [5.41, 5.74) is 0. The Hall–Kier alpha value is -2.61. The van der Waals surface area contributed by atoms with Crippen LogP contribution in [0.25, 0.3) is 0 Å². The van der Waals surface area contributed by atoms with Gasteiger partial charge in [-0.15, -0.1) is 11.3 Å². The van der Waals surface area contributed by atoms with Crippen molar-refractivity contribution in [2.24, 2.45) is 5.92 Å². The SMILES string of the molecule is CN(Cc1ccco1)C(=O)COC(=O)c1ccc(NC(=O)C2CC2)s1. The van der Waals surface area contributed by atoms with E-state index in [1.165, 1.54) is 11.2 Å². The van der Waals surface area contributed by atoms with E-state index in [1.807, 2.05) is 0 Å². The lowest BCUT2D eigenvalue weighted by atomic mass is 10.4. The summed E-state index contributed by atoms with van der Waals surface area (Å²) < 4.78 is 10.2. The summed E-state index contributed by atoms with van der Waals surface area (Å²) in [5.74, 6) is -0.187. The molecule has 0 saturated heterocycles. The minimum absolute atomic E-state index is 0.0171. The zero-order valence-electron chi connectivity index (χ0n) is 13.7. The van der Waals surface area contributed by atoms with Crippen LogP contribution >= 0.6 is 11.3 Å². The minimum Gasteiger partial charge on any atom is -0.467 e. The molecule has 25 heavy (non-hydrogen) atoms. The number of furan rings is 1. The molecule has 0 aromatic carbocycles. The molecule has 2 aromatic heterocycles. The Kier molecular flexibility index (Phi) is 5.18. The standard InChI is InChI=1S/C17H18N2O5S/c1-19(9-12-3-2-8-23-12)15(20)10-24-17(22)13-6-7-14(25-13)18-16(21)11-4-5-11/h2-3,6-8,11H,4-5,9-10H2,1H3,(H,18,21). The minimum atomic E-state index is -0.586. The van der Waals surface area contributed by atoms with Crippen molar-refractivity contribution in [3.05, 3.63) is 41.2 Å². The van der Waals surface area contributed by atoms with E-state index in [2.05, 4.69) is 5.32 Å². The van der Waals surface area contributed by atoms with Gasteiger partial charge >= 0.3 is 5.97 Å². The molecule has 2 heterocycles. The van der Waals surface area contributed by atoms with Gasteiger partial charge in [-0.25, -0.2) is 4.79 Å². The quantitative estimate of drug-likeness (QED) is 0.765. The van der Waals surface area contributed by atoms with Gasteiger partial charge in [0.2, 0.25) is 5.91 Å². The molecule has 1 aliphatic carbocycles. The third-order valence-corrected chi connectivity index (χ3v) is 4.71. The van der Waals surface area contributed by atoms with Crippen LogP contribution in [-0.4, -0.2) is 36.3 Å². The molecule has 0 atom stereocenters. The van der Waals surface area contributed by atoms with E-state index in [-0.39, 0.29) is 24.3 Å². The first-order valence-electron chi connectivity index (χ1n) is 7.87. The normalized spacial score (nSPS) is 13.3. The first-order valence-corrected chi connectivity index (χ1v) is 8.69. The van der Waals surface area contributed by atoms with Crippen LogP contribution in [-0.2, 0) is 20.9 Å². The van der Waals surface area contributed by atoms with Crippen LogP contribution in [0.4, 0.5) is 5.00 Å². The van der Waals surface area contributed by atoms with E-state index in [1.54, 1.807) is 31.3 Å². The fourth-order valence-electron chi connectivity index (χ4n) is 2.12. The Morgan fingerprint density at radius 2 is 2.12 bits per heavy atom. The Morgan fingerprint density at radius 3 is 2.80 bits per heavy atom. The largest absolute Gasteiger partial charge is 0.467 e. The van der Waals surface area contributed by atoms with Crippen LogP contribution in [0.15, 0.2) is 34.9 Å². The summed E-state index contributed by atoms with van der Waals surface area (Å²) in [6, 6.07) is 6.74. The van der Waals surface area contributed by atoms with Gasteiger partial charge < -0.3 is 19.4 Å². The second-order valence-corrected chi connectivity index (χ2v) is 6.92. The van der Waals surface area contributed by atoms with Crippen molar-refractivity contribution in [1.29, 1.82) is 0 Å². The Bertz CT molecular complexity index is 764. The molecule has 0 unspecified atom stereocenters. The molecule has 0 spiro atoms. The number of anilines is 1. The summed E-state index contributed by atoms with van der Waals surface area (Å²) in [6.07, 6.45) is 3.36. The molecule has 3 rings (SSSR count). The molecule has 0 bridgehead atoms. The monoisotopic (exact) mass is 362 g/mol. The fraction of sp³-hybridized carbons (Fsp3) is 0.353. The molecule has 132 valence electrons. The fourth-order valence-corrected chi connectivity index (χ4v) is 2.92. The van der Waals surface area contributed by atoms with Crippen molar-refractivity contribution in [3.63, 3.8) is 0 Å². The number of carbonyl (C=O) groups is 3. The average molecular weight is 362 g/mol. The van der Waals surface area contributed by atoms with Gasteiger partial charge in [0.15, 0.2) is 6.61 Å². The Morgan fingerprint density at radius 1 is 1.32 bits per heavy atom. The van der Waals surface area contributed by atoms with Gasteiger partial charge in [0, 0.05) is 13.0 Å². The molecule has 1 fully saturated rings. The van der Waals surface area contributed by atoms with Crippen molar-refractivity contribution in [3.8, 4) is 0 Å². The Balaban J connectivity index is 1.46. The van der Waals surface area contributed by atoms with Gasteiger partial charge in [-0.05, 0) is 37.1 Å². The van der Waals surface area contributed by atoms with E-state index >= 15 is 0 Å². The predicted octanol–water partition coefficient (Wildman–Crippen LogP) is 2.51. The summed E-state index contributed by atoms with van der Waals surface area (Å²) in [5, 5.41) is 3.38. The zero-order valence-corrected chi connectivity index (χ0v) is 14.5. The highest BCUT2D eigenvalue weighted by Gasteiger charge is 2.30. The molecule has 1 aliphatic rings. The van der Waals surface area contributed by atoms with Crippen LogP contribution in [0, 0.1) is 5.92 Å². The number of carbonyl (C=O) groups excluding carboxylic acids is 3. The second-order valence-electron chi connectivity index (χ2n) is 5.83.